The number of carbonyl (C=O) groups excluding carboxylic acids is 1. The maximum Gasteiger partial charge on any atom is 0.252 e. The van der Waals surface area contributed by atoms with Crippen LogP contribution >= 0.6 is 0 Å². The normalized spacial score (nSPS) is 28.6. The lowest BCUT2D eigenvalue weighted by atomic mass is 9.70. The smallest absolute Gasteiger partial charge is 0.252 e. The number of nitrogens with one attached hydrogen (secondary N) is 1. The molecule has 4 nitrogen and oxygen atoms in total. The minimum Gasteiger partial charge on any atom is -0.382 e. The van der Waals surface area contributed by atoms with E-state index < -0.39 is 17.2 Å². The number of amides is 1. The molecule has 0 radical (unpaired) electrons. The number of anilines is 2. The molecule has 1 fully saturated rings. The first kappa shape index (κ1) is 16.1. The Bertz CT molecular complexity index is 1020. The predicted molar refractivity (Wildman–Crippen MR) is 105 cm³/mol. The van der Waals surface area contributed by atoms with Gasteiger partial charge in [-0.1, -0.05) is 66.7 Å². The van der Waals surface area contributed by atoms with E-state index in [-0.39, 0.29) is 5.91 Å². The summed E-state index contributed by atoms with van der Waals surface area (Å²) in [6.07, 6.45) is -1.15. The van der Waals surface area contributed by atoms with Crippen LogP contribution in [0.5, 0.6) is 0 Å². The third kappa shape index (κ3) is 1.83. The molecule has 1 amide bonds. The summed E-state index contributed by atoms with van der Waals surface area (Å²) < 4.78 is 0. The molecule has 0 aliphatic carbocycles. The van der Waals surface area contributed by atoms with Crippen molar-refractivity contribution < 1.29 is 9.90 Å². The van der Waals surface area contributed by atoms with Crippen LogP contribution in [0.15, 0.2) is 84.9 Å². The molecule has 134 valence electrons. The van der Waals surface area contributed by atoms with Gasteiger partial charge in [0.15, 0.2) is 5.66 Å². The number of nitrogens with zero attached hydrogens (tertiary/aromatic N) is 1. The second kappa shape index (κ2) is 5.44. The Hall–Kier alpha value is -3.11. The molecule has 27 heavy (non-hydrogen) atoms. The largest absolute Gasteiger partial charge is 0.382 e. The SMILES string of the molecule is C[C@@]12c3ccccc3N(c3ccccc3)[C@]1(c1ccccc1)NC(=O)[C@H]2O. The molecular formula is C23H20N2O2. The van der Waals surface area contributed by atoms with E-state index in [0.29, 0.717) is 0 Å². The predicted octanol–water partition coefficient (Wildman–Crippen LogP) is 3.44. The molecule has 0 aromatic heterocycles. The second-order valence-corrected chi connectivity index (χ2v) is 7.36. The quantitative estimate of drug-likeness (QED) is 0.740. The minimum atomic E-state index is -1.15. The summed E-state index contributed by atoms with van der Waals surface area (Å²) in [5.74, 6) is -0.350. The summed E-state index contributed by atoms with van der Waals surface area (Å²) >= 11 is 0. The second-order valence-electron chi connectivity index (χ2n) is 7.36. The summed E-state index contributed by atoms with van der Waals surface area (Å²) in [6, 6.07) is 27.9. The van der Waals surface area contributed by atoms with E-state index in [1.165, 1.54) is 0 Å². The minimum absolute atomic E-state index is 0.350. The van der Waals surface area contributed by atoms with Crippen molar-refractivity contribution in [3.05, 3.63) is 96.1 Å². The average Bonchev–Trinajstić information content (AvgIpc) is 3.07. The van der Waals surface area contributed by atoms with Gasteiger partial charge in [-0.05, 0) is 36.2 Å². The molecule has 3 aromatic carbocycles. The van der Waals surface area contributed by atoms with Gasteiger partial charge in [0, 0.05) is 11.4 Å². The highest BCUT2D eigenvalue weighted by molar-refractivity contribution is 5.94. The molecule has 0 spiro atoms. The van der Waals surface area contributed by atoms with Crippen molar-refractivity contribution in [3.63, 3.8) is 0 Å². The number of carbonyl (C=O) groups is 1. The van der Waals surface area contributed by atoms with Gasteiger partial charge >= 0.3 is 0 Å². The number of aliphatic hydroxyl groups excluding tert-OH is 1. The number of hydrogen-bond donors (Lipinski definition) is 2. The molecule has 3 aromatic rings. The van der Waals surface area contributed by atoms with E-state index in [4.69, 9.17) is 0 Å². The highest BCUT2D eigenvalue weighted by Crippen LogP contribution is 2.61. The van der Waals surface area contributed by atoms with Crippen molar-refractivity contribution in [3.8, 4) is 0 Å². The molecule has 0 unspecified atom stereocenters. The monoisotopic (exact) mass is 356 g/mol. The van der Waals surface area contributed by atoms with Gasteiger partial charge in [0.05, 0.1) is 5.41 Å². The molecule has 2 heterocycles. The molecule has 3 atom stereocenters. The summed E-state index contributed by atoms with van der Waals surface area (Å²) in [4.78, 5) is 14.9. The lowest BCUT2D eigenvalue weighted by Crippen LogP contribution is -2.58. The van der Waals surface area contributed by atoms with Gasteiger partial charge in [-0.2, -0.15) is 0 Å². The number of fused-ring (bicyclic) bond motifs is 3. The van der Waals surface area contributed by atoms with E-state index in [1.54, 1.807) is 0 Å². The number of hydrogen-bond acceptors (Lipinski definition) is 3. The van der Waals surface area contributed by atoms with Crippen LogP contribution in [-0.2, 0) is 15.9 Å². The van der Waals surface area contributed by atoms with Crippen LogP contribution in [0.2, 0.25) is 0 Å². The molecule has 5 rings (SSSR count). The molecule has 4 heteroatoms. The van der Waals surface area contributed by atoms with E-state index >= 15 is 0 Å². The van der Waals surface area contributed by atoms with Gasteiger partial charge in [-0.25, -0.2) is 0 Å². The fraction of sp³-hybridized carbons (Fsp3) is 0.174. The van der Waals surface area contributed by atoms with Crippen molar-refractivity contribution in [2.45, 2.75) is 24.1 Å². The number of benzene rings is 3. The Labute approximate surface area is 158 Å². The van der Waals surface area contributed by atoms with Gasteiger partial charge in [0.25, 0.3) is 5.91 Å². The van der Waals surface area contributed by atoms with Gasteiger partial charge < -0.3 is 15.3 Å². The van der Waals surface area contributed by atoms with Crippen molar-refractivity contribution in [2.24, 2.45) is 0 Å². The first-order chi connectivity index (χ1) is 13.1. The summed E-state index contributed by atoms with van der Waals surface area (Å²) in [5.41, 5.74) is 2.12. The topological polar surface area (TPSA) is 52.6 Å². The van der Waals surface area contributed by atoms with Crippen LogP contribution in [0.25, 0.3) is 0 Å². The zero-order valence-corrected chi connectivity index (χ0v) is 15.0. The van der Waals surface area contributed by atoms with Crippen LogP contribution in [0.4, 0.5) is 11.4 Å². The number of para-hydroxylation sites is 2. The molecule has 2 aliphatic heterocycles. The zero-order chi connectivity index (χ0) is 18.6. The Kier molecular flexibility index (Phi) is 3.24. The van der Waals surface area contributed by atoms with Crippen molar-refractivity contribution in [2.75, 3.05) is 4.90 Å². The van der Waals surface area contributed by atoms with E-state index in [9.17, 15) is 9.90 Å². The van der Waals surface area contributed by atoms with E-state index in [0.717, 1.165) is 22.5 Å². The van der Waals surface area contributed by atoms with Gasteiger partial charge in [0.2, 0.25) is 0 Å². The number of rotatable bonds is 2. The van der Waals surface area contributed by atoms with Crippen LogP contribution in [0.3, 0.4) is 0 Å². The lowest BCUT2D eigenvalue weighted by molar-refractivity contribution is -0.127. The maximum absolute atomic E-state index is 12.8. The van der Waals surface area contributed by atoms with Crippen molar-refractivity contribution in [1.29, 1.82) is 0 Å². The third-order valence-electron chi connectivity index (χ3n) is 6.10. The first-order valence-electron chi connectivity index (χ1n) is 9.11. The van der Waals surface area contributed by atoms with Crippen LogP contribution in [0.1, 0.15) is 18.1 Å². The molecule has 1 saturated heterocycles. The van der Waals surface area contributed by atoms with E-state index in [2.05, 4.69) is 16.3 Å². The average molecular weight is 356 g/mol. The molecule has 0 bridgehead atoms. The zero-order valence-electron chi connectivity index (χ0n) is 15.0. The Balaban J connectivity index is 1.90. The highest BCUT2D eigenvalue weighted by atomic mass is 16.3. The first-order valence-corrected chi connectivity index (χ1v) is 9.11. The van der Waals surface area contributed by atoms with Crippen molar-refractivity contribution >= 4 is 17.3 Å². The van der Waals surface area contributed by atoms with Crippen LogP contribution in [-0.4, -0.2) is 17.1 Å². The Morgan fingerprint density at radius 2 is 1.48 bits per heavy atom. The third-order valence-corrected chi connectivity index (χ3v) is 6.10. The maximum atomic E-state index is 12.8. The summed E-state index contributed by atoms with van der Waals surface area (Å²) in [6.45, 7) is 1.98. The summed E-state index contributed by atoms with van der Waals surface area (Å²) in [5, 5.41) is 14.2. The van der Waals surface area contributed by atoms with Gasteiger partial charge in [-0.15, -0.1) is 0 Å². The molecule has 2 aliphatic rings. The fourth-order valence-electron chi connectivity index (χ4n) is 4.85. The lowest BCUT2D eigenvalue weighted by Gasteiger charge is -2.45. The Morgan fingerprint density at radius 3 is 2.19 bits per heavy atom. The van der Waals surface area contributed by atoms with Crippen LogP contribution in [0, 0.1) is 0 Å². The van der Waals surface area contributed by atoms with Gasteiger partial charge in [0.1, 0.15) is 6.10 Å². The van der Waals surface area contributed by atoms with Crippen molar-refractivity contribution in [1.82, 2.24) is 5.32 Å². The van der Waals surface area contributed by atoms with E-state index in [1.807, 2.05) is 85.8 Å². The fourth-order valence-corrected chi connectivity index (χ4v) is 4.85. The van der Waals surface area contributed by atoms with Crippen LogP contribution < -0.4 is 10.2 Å². The molecule has 2 N–H and O–H groups in total. The molecule has 0 saturated carbocycles. The summed E-state index contributed by atoms with van der Waals surface area (Å²) in [7, 11) is 0. The van der Waals surface area contributed by atoms with Gasteiger partial charge in [-0.3, -0.25) is 4.79 Å². The molecular weight excluding hydrogens is 336 g/mol. The highest BCUT2D eigenvalue weighted by Gasteiger charge is 2.70. The Morgan fingerprint density at radius 1 is 0.889 bits per heavy atom. The standard InChI is InChI=1S/C23H20N2O2/c1-22-18-14-8-9-15-19(18)25(17-12-6-3-7-13-17)23(22,24-21(27)20(22)26)16-10-4-2-5-11-16/h2-15,20,26H,1H3,(H,24,27)/t20-,22+,23+/m1/s1. The number of aliphatic hydroxyl groups is 1.